The van der Waals surface area contributed by atoms with Gasteiger partial charge in [-0.05, 0) is 49.6 Å². The zero-order chi connectivity index (χ0) is 24.6. The van der Waals surface area contributed by atoms with Gasteiger partial charge in [0, 0.05) is 42.9 Å². The fraction of sp³-hybridized carbons (Fsp3) is 0.370. The van der Waals surface area contributed by atoms with Crippen LogP contribution in [0, 0.1) is 0 Å². The van der Waals surface area contributed by atoms with Gasteiger partial charge in [-0.25, -0.2) is 4.98 Å². The van der Waals surface area contributed by atoms with Gasteiger partial charge in [-0.1, -0.05) is 43.1 Å². The number of benzene rings is 2. The van der Waals surface area contributed by atoms with Crippen molar-refractivity contribution in [2.75, 3.05) is 23.3 Å². The van der Waals surface area contributed by atoms with Crippen molar-refractivity contribution < 1.29 is 14.0 Å². The van der Waals surface area contributed by atoms with Gasteiger partial charge in [0.1, 0.15) is 6.04 Å². The van der Waals surface area contributed by atoms with Crippen LogP contribution < -0.4 is 15.5 Å². The molecule has 1 fully saturated rings. The number of hydrogen-bond acceptors (Lipinski definition) is 5. The minimum absolute atomic E-state index is 0.167. The van der Waals surface area contributed by atoms with Gasteiger partial charge < -0.3 is 20.0 Å². The lowest BCUT2D eigenvalue weighted by molar-refractivity contribution is -0.126. The predicted molar refractivity (Wildman–Crippen MR) is 139 cm³/mol. The highest BCUT2D eigenvalue weighted by Gasteiger charge is 2.21. The van der Waals surface area contributed by atoms with E-state index in [1.165, 1.54) is 12.8 Å². The molecule has 2 amide bonds. The van der Waals surface area contributed by atoms with Crippen LogP contribution in [0.2, 0.25) is 5.02 Å². The first-order chi connectivity index (χ1) is 17.0. The average molecular weight is 495 g/mol. The number of carbonyl (C=O) groups excluding carboxylic acids is 2. The third-order valence-corrected chi connectivity index (χ3v) is 6.40. The number of rotatable bonds is 10. The normalized spacial score (nSPS) is 14.1. The summed E-state index contributed by atoms with van der Waals surface area (Å²) in [5.74, 6) is 0.577. The minimum Gasteiger partial charge on any atom is -0.441 e. The first kappa shape index (κ1) is 24.8. The maximum atomic E-state index is 13.0. The molecule has 8 heteroatoms. The molecule has 0 bridgehead atoms. The molecule has 1 atom stereocenters. The Labute approximate surface area is 210 Å². The quantitative estimate of drug-likeness (QED) is 0.391. The summed E-state index contributed by atoms with van der Waals surface area (Å²) in [6.45, 7) is 4.07. The molecule has 1 aliphatic rings. The molecule has 2 heterocycles. The molecule has 2 N–H and O–H groups in total. The molecule has 1 saturated heterocycles. The Balaban J connectivity index is 1.32. The number of anilines is 2. The molecular weight excluding hydrogens is 464 g/mol. The number of nitrogens with one attached hydrogen (secondary N) is 2. The van der Waals surface area contributed by atoms with Crippen LogP contribution in [0.15, 0.2) is 59.1 Å². The second-order valence-electron chi connectivity index (χ2n) is 8.74. The second-order valence-corrected chi connectivity index (χ2v) is 9.15. The molecule has 1 aromatic heterocycles. The lowest BCUT2D eigenvalue weighted by Crippen LogP contribution is -2.43. The van der Waals surface area contributed by atoms with E-state index in [1.807, 2.05) is 43.3 Å². The van der Waals surface area contributed by atoms with Crippen LogP contribution in [0.4, 0.5) is 11.4 Å². The van der Waals surface area contributed by atoms with E-state index in [-0.39, 0.29) is 18.2 Å². The monoisotopic (exact) mass is 494 g/mol. The van der Waals surface area contributed by atoms with Gasteiger partial charge in [0.25, 0.3) is 0 Å². The van der Waals surface area contributed by atoms with E-state index < -0.39 is 6.04 Å². The van der Waals surface area contributed by atoms with E-state index in [4.69, 9.17) is 16.0 Å². The van der Waals surface area contributed by atoms with Crippen molar-refractivity contribution in [1.82, 2.24) is 10.3 Å². The number of aryl methyl sites for hydroxylation is 1. The van der Waals surface area contributed by atoms with Crippen molar-refractivity contribution in [2.45, 2.75) is 51.5 Å². The Morgan fingerprint density at radius 3 is 2.71 bits per heavy atom. The predicted octanol–water partition coefficient (Wildman–Crippen LogP) is 5.45. The maximum Gasteiger partial charge on any atom is 0.246 e. The van der Waals surface area contributed by atoms with Crippen molar-refractivity contribution in [3.05, 3.63) is 65.6 Å². The summed E-state index contributed by atoms with van der Waals surface area (Å²) < 4.78 is 5.77. The molecule has 0 spiro atoms. The molecule has 1 aliphatic heterocycles. The Hall–Kier alpha value is -3.32. The van der Waals surface area contributed by atoms with Gasteiger partial charge in [-0.15, -0.1) is 0 Å². The minimum atomic E-state index is -0.605. The highest BCUT2D eigenvalue weighted by Crippen LogP contribution is 2.28. The Kier molecular flexibility index (Phi) is 8.42. The zero-order valence-corrected chi connectivity index (χ0v) is 20.7. The van der Waals surface area contributed by atoms with Gasteiger partial charge in [-0.3, -0.25) is 9.59 Å². The third kappa shape index (κ3) is 6.63. The Bertz CT molecular complexity index is 1160. The molecule has 1 unspecified atom stereocenters. The fourth-order valence-corrected chi connectivity index (χ4v) is 4.47. The second kappa shape index (κ2) is 11.9. The van der Waals surface area contributed by atoms with Gasteiger partial charge in [0.15, 0.2) is 11.7 Å². The molecule has 184 valence electrons. The van der Waals surface area contributed by atoms with Crippen LogP contribution >= 0.6 is 11.6 Å². The molecule has 4 rings (SSSR count). The van der Waals surface area contributed by atoms with Crippen LogP contribution in [0.3, 0.4) is 0 Å². The lowest BCUT2D eigenvalue weighted by atomic mass is 10.1. The number of amides is 2. The summed E-state index contributed by atoms with van der Waals surface area (Å²) in [6, 6.07) is 14.6. The van der Waals surface area contributed by atoms with Gasteiger partial charge in [0.2, 0.25) is 11.8 Å². The van der Waals surface area contributed by atoms with Gasteiger partial charge >= 0.3 is 0 Å². The number of halogens is 1. The molecule has 0 radical (unpaired) electrons. The van der Waals surface area contributed by atoms with E-state index in [1.54, 1.807) is 12.3 Å². The molecule has 7 nitrogen and oxygen atoms in total. The molecule has 0 aliphatic carbocycles. The van der Waals surface area contributed by atoms with Crippen molar-refractivity contribution in [1.29, 1.82) is 0 Å². The molecule has 2 aromatic carbocycles. The number of carbonyl (C=O) groups is 2. The lowest BCUT2D eigenvalue weighted by Gasteiger charge is -2.20. The number of aromatic nitrogens is 1. The van der Waals surface area contributed by atoms with E-state index in [9.17, 15) is 9.59 Å². The summed E-state index contributed by atoms with van der Waals surface area (Å²) in [4.78, 5) is 32.2. The van der Waals surface area contributed by atoms with Crippen LogP contribution in [-0.2, 0) is 16.0 Å². The molecule has 3 aromatic rings. The first-order valence-electron chi connectivity index (χ1n) is 12.2. The standard InChI is InChI=1S/C27H31ClN4O3/c1-2-8-23(27(34)30-19-9-7-10-20(17-19)32-15-5-6-16-32)31-25(33)13-14-26-29-18-24(35-26)21-11-3-4-12-22(21)28/h3-4,7,9-12,17-18,23H,2,5-6,8,13-16H2,1H3,(H,30,34)(H,31,33). The highest BCUT2D eigenvalue weighted by molar-refractivity contribution is 6.33. The number of hydrogen-bond donors (Lipinski definition) is 2. The van der Waals surface area contributed by atoms with Crippen LogP contribution in [0.1, 0.15) is 44.9 Å². The maximum absolute atomic E-state index is 13.0. The zero-order valence-electron chi connectivity index (χ0n) is 19.9. The van der Waals surface area contributed by atoms with Crippen molar-refractivity contribution in [3.63, 3.8) is 0 Å². The fourth-order valence-electron chi connectivity index (χ4n) is 4.24. The van der Waals surface area contributed by atoms with Crippen LogP contribution in [0.25, 0.3) is 11.3 Å². The summed E-state index contributed by atoms with van der Waals surface area (Å²) in [7, 11) is 0. The topological polar surface area (TPSA) is 87.5 Å². The third-order valence-electron chi connectivity index (χ3n) is 6.07. The molecular formula is C27H31ClN4O3. The largest absolute Gasteiger partial charge is 0.441 e. The smallest absolute Gasteiger partial charge is 0.246 e. The van der Waals surface area contributed by atoms with Crippen molar-refractivity contribution in [3.8, 4) is 11.3 Å². The number of nitrogens with zero attached hydrogens (tertiary/aromatic N) is 2. The van der Waals surface area contributed by atoms with E-state index >= 15 is 0 Å². The van der Waals surface area contributed by atoms with Gasteiger partial charge in [0.05, 0.1) is 11.2 Å². The molecule has 35 heavy (non-hydrogen) atoms. The number of oxazole rings is 1. The van der Waals surface area contributed by atoms with E-state index in [0.717, 1.165) is 36.4 Å². The summed E-state index contributed by atoms with van der Waals surface area (Å²) in [6.07, 6.45) is 5.81. The SMILES string of the molecule is CCCC(NC(=O)CCc1ncc(-c2ccccc2Cl)o1)C(=O)Nc1cccc(N2CCCC2)c1. The average Bonchev–Trinajstić information content (AvgIpc) is 3.56. The highest BCUT2D eigenvalue weighted by atomic mass is 35.5. The Morgan fingerprint density at radius 1 is 1.14 bits per heavy atom. The van der Waals surface area contributed by atoms with E-state index in [0.29, 0.717) is 29.5 Å². The summed E-state index contributed by atoms with van der Waals surface area (Å²) >= 11 is 6.22. The summed E-state index contributed by atoms with van der Waals surface area (Å²) in [5, 5.41) is 6.42. The van der Waals surface area contributed by atoms with Gasteiger partial charge in [-0.2, -0.15) is 0 Å². The van der Waals surface area contributed by atoms with Crippen molar-refractivity contribution >= 4 is 34.8 Å². The molecule has 0 saturated carbocycles. The van der Waals surface area contributed by atoms with Crippen LogP contribution in [-0.4, -0.2) is 35.9 Å². The summed E-state index contributed by atoms with van der Waals surface area (Å²) in [5.41, 5.74) is 2.60. The Morgan fingerprint density at radius 2 is 1.94 bits per heavy atom. The van der Waals surface area contributed by atoms with E-state index in [2.05, 4.69) is 26.6 Å². The first-order valence-corrected chi connectivity index (χ1v) is 12.6. The van der Waals surface area contributed by atoms with Crippen LogP contribution in [0.5, 0.6) is 0 Å². The van der Waals surface area contributed by atoms with Crippen molar-refractivity contribution in [2.24, 2.45) is 0 Å².